The molecular formula is C25H20F3N3O5S. The third-order valence-electron chi connectivity index (χ3n) is 5.63. The minimum absolute atomic E-state index is 0.00960. The van der Waals surface area contributed by atoms with Crippen molar-refractivity contribution >= 4 is 33.3 Å². The first-order valence-corrected chi connectivity index (χ1v) is 12.3. The molecule has 1 aliphatic heterocycles. The molecule has 0 saturated carbocycles. The molecule has 1 heterocycles. The second kappa shape index (κ2) is 10.1. The lowest BCUT2D eigenvalue weighted by atomic mass is 10.0. The number of ether oxygens (including phenoxy) is 1. The number of hydrogen-bond acceptors (Lipinski definition) is 7. The van der Waals surface area contributed by atoms with Crippen LogP contribution in [0.5, 0.6) is 0 Å². The molecule has 1 unspecified atom stereocenters. The van der Waals surface area contributed by atoms with E-state index < -0.39 is 39.8 Å². The fourth-order valence-corrected chi connectivity index (χ4v) is 4.72. The van der Waals surface area contributed by atoms with Crippen LogP contribution in [-0.4, -0.2) is 39.3 Å². The van der Waals surface area contributed by atoms with Crippen LogP contribution in [0.2, 0.25) is 0 Å². The zero-order valence-electron chi connectivity index (χ0n) is 19.3. The van der Waals surface area contributed by atoms with Gasteiger partial charge in [0.05, 0.1) is 29.3 Å². The summed E-state index contributed by atoms with van der Waals surface area (Å²) in [5.74, 6) is -1.54. The minimum atomic E-state index is -4.61. The largest absolute Gasteiger partial charge is 0.465 e. The van der Waals surface area contributed by atoms with Crippen molar-refractivity contribution in [2.24, 2.45) is 5.10 Å². The van der Waals surface area contributed by atoms with Gasteiger partial charge in [-0.1, -0.05) is 30.3 Å². The number of anilines is 1. The first-order valence-electron chi connectivity index (χ1n) is 10.8. The zero-order chi connectivity index (χ0) is 26.8. The van der Waals surface area contributed by atoms with E-state index in [1.807, 2.05) is 4.72 Å². The van der Waals surface area contributed by atoms with Gasteiger partial charge in [-0.05, 0) is 54.1 Å². The first kappa shape index (κ1) is 25.9. The monoisotopic (exact) mass is 531 g/mol. The lowest BCUT2D eigenvalue weighted by Crippen LogP contribution is -2.30. The van der Waals surface area contributed by atoms with Gasteiger partial charge < -0.3 is 4.74 Å². The van der Waals surface area contributed by atoms with Crippen LogP contribution in [-0.2, 0) is 14.8 Å². The van der Waals surface area contributed by atoms with Crippen molar-refractivity contribution in [1.29, 1.82) is 0 Å². The second-order valence-electron chi connectivity index (χ2n) is 8.02. The number of nitrogens with one attached hydrogen (secondary N) is 1. The Morgan fingerprint density at radius 2 is 1.54 bits per heavy atom. The highest BCUT2D eigenvalue weighted by Gasteiger charge is 2.43. The van der Waals surface area contributed by atoms with Gasteiger partial charge in [0.15, 0.2) is 0 Å². The lowest BCUT2D eigenvalue weighted by molar-refractivity contribution is -0.0600. The number of nitrogens with zero attached hydrogens (tertiary/aromatic N) is 2. The van der Waals surface area contributed by atoms with Crippen molar-refractivity contribution in [3.8, 4) is 0 Å². The molecule has 4 rings (SSSR count). The fraction of sp³-hybridized carbons (Fsp3) is 0.160. The van der Waals surface area contributed by atoms with Crippen LogP contribution in [0.25, 0.3) is 0 Å². The summed E-state index contributed by atoms with van der Waals surface area (Å²) in [6.45, 7) is 0. The maximum Gasteiger partial charge on any atom is 0.431 e. The van der Waals surface area contributed by atoms with Crippen molar-refractivity contribution < 1.29 is 35.9 Å². The number of rotatable bonds is 6. The van der Waals surface area contributed by atoms with Crippen molar-refractivity contribution in [2.45, 2.75) is 23.5 Å². The summed E-state index contributed by atoms with van der Waals surface area (Å²) in [4.78, 5) is 23.7. The van der Waals surface area contributed by atoms with E-state index in [1.54, 1.807) is 30.3 Å². The van der Waals surface area contributed by atoms with Gasteiger partial charge in [0.25, 0.3) is 15.9 Å². The average Bonchev–Trinajstić information content (AvgIpc) is 3.35. The maximum atomic E-state index is 13.4. The summed E-state index contributed by atoms with van der Waals surface area (Å²) in [6.07, 6.45) is -4.97. The van der Waals surface area contributed by atoms with Crippen LogP contribution in [0.1, 0.15) is 38.7 Å². The molecule has 0 aliphatic carbocycles. The summed E-state index contributed by atoms with van der Waals surface area (Å²) in [5, 5.41) is 4.97. The molecule has 1 amide bonds. The molecule has 1 aliphatic rings. The van der Waals surface area contributed by atoms with Gasteiger partial charge in [0.2, 0.25) is 0 Å². The molecule has 1 N–H and O–H groups in total. The van der Waals surface area contributed by atoms with E-state index in [0.717, 1.165) is 0 Å². The Labute approximate surface area is 210 Å². The summed E-state index contributed by atoms with van der Waals surface area (Å²) in [5.41, 5.74) is 0.0992. The fourth-order valence-electron chi connectivity index (χ4n) is 3.75. The molecule has 0 saturated heterocycles. The Kier molecular flexibility index (Phi) is 7.03. The molecule has 0 aromatic heterocycles. The van der Waals surface area contributed by atoms with Gasteiger partial charge in [0, 0.05) is 12.0 Å². The SMILES string of the molecule is COC(=O)c1ccc(C(=O)NS(=O)(=O)c2ccc(N3N=C(C(F)(F)F)CC3c3ccccc3)cc2)cc1. The van der Waals surface area contributed by atoms with Gasteiger partial charge in [-0.15, -0.1) is 0 Å². The molecule has 3 aromatic carbocycles. The molecule has 8 nitrogen and oxygen atoms in total. The number of benzene rings is 3. The van der Waals surface area contributed by atoms with Crippen LogP contribution in [0.15, 0.2) is 88.9 Å². The maximum absolute atomic E-state index is 13.4. The average molecular weight is 532 g/mol. The van der Waals surface area contributed by atoms with Gasteiger partial charge in [0.1, 0.15) is 5.71 Å². The Morgan fingerprint density at radius 1 is 0.946 bits per heavy atom. The van der Waals surface area contributed by atoms with Gasteiger partial charge in [-0.25, -0.2) is 17.9 Å². The molecule has 12 heteroatoms. The summed E-state index contributed by atoms with van der Waals surface area (Å²) in [6, 6.07) is 18.0. The highest BCUT2D eigenvalue weighted by Crippen LogP contribution is 2.39. The van der Waals surface area contributed by atoms with E-state index in [-0.39, 0.29) is 28.1 Å². The normalized spacial score (nSPS) is 15.7. The minimum Gasteiger partial charge on any atom is -0.465 e. The molecule has 3 aromatic rings. The second-order valence-corrected chi connectivity index (χ2v) is 9.70. The van der Waals surface area contributed by atoms with Crippen molar-refractivity contribution in [3.63, 3.8) is 0 Å². The first-order chi connectivity index (χ1) is 17.5. The van der Waals surface area contributed by atoms with Crippen molar-refractivity contribution in [3.05, 3.63) is 95.6 Å². The molecule has 0 bridgehead atoms. The lowest BCUT2D eigenvalue weighted by Gasteiger charge is -2.24. The highest BCUT2D eigenvalue weighted by molar-refractivity contribution is 7.90. The van der Waals surface area contributed by atoms with E-state index >= 15 is 0 Å². The molecular weight excluding hydrogens is 511 g/mol. The summed E-state index contributed by atoms with van der Waals surface area (Å²) in [7, 11) is -3.10. The van der Waals surface area contributed by atoms with E-state index in [1.165, 1.54) is 60.6 Å². The quantitative estimate of drug-likeness (QED) is 0.471. The summed E-state index contributed by atoms with van der Waals surface area (Å²) < 4.78 is 72.2. The smallest absolute Gasteiger partial charge is 0.431 e. The van der Waals surface area contributed by atoms with Crippen LogP contribution in [0.3, 0.4) is 0 Å². The third-order valence-corrected chi connectivity index (χ3v) is 6.98. The Hall–Kier alpha value is -4.19. The number of sulfonamides is 1. The van der Waals surface area contributed by atoms with Gasteiger partial charge in [-0.2, -0.15) is 18.3 Å². The predicted molar refractivity (Wildman–Crippen MR) is 129 cm³/mol. The Balaban J connectivity index is 1.55. The number of alkyl halides is 3. The van der Waals surface area contributed by atoms with Gasteiger partial charge >= 0.3 is 12.1 Å². The Morgan fingerprint density at radius 3 is 2.11 bits per heavy atom. The molecule has 0 fully saturated rings. The zero-order valence-corrected chi connectivity index (χ0v) is 20.1. The number of amides is 1. The number of esters is 1. The van der Waals surface area contributed by atoms with Gasteiger partial charge in [-0.3, -0.25) is 9.80 Å². The van der Waals surface area contributed by atoms with Crippen molar-refractivity contribution in [1.82, 2.24) is 4.72 Å². The number of carbonyl (C=O) groups is 2. The van der Waals surface area contributed by atoms with E-state index in [9.17, 15) is 31.2 Å². The summed E-state index contributed by atoms with van der Waals surface area (Å²) >= 11 is 0. The van der Waals surface area contributed by atoms with Crippen LogP contribution in [0, 0.1) is 0 Å². The molecule has 0 spiro atoms. The molecule has 1 atom stereocenters. The third kappa shape index (κ3) is 5.64. The number of hydrazone groups is 1. The molecule has 37 heavy (non-hydrogen) atoms. The number of carbonyl (C=O) groups excluding carboxylic acids is 2. The topological polar surface area (TPSA) is 105 Å². The standard InChI is InChI=1S/C25H20F3N3O5S/c1-36-24(33)18-9-7-17(8-10-18)23(32)30-37(34,35)20-13-11-19(12-14-20)31-21(16-5-3-2-4-6-16)15-22(29-31)25(26,27)28/h2-14,21H,15H2,1H3,(H,30,32). The van der Waals surface area contributed by atoms with E-state index in [0.29, 0.717) is 5.56 Å². The van der Waals surface area contributed by atoms with Crippen LogP contribution >= 0.6 is 0 Å². The Bertz CT molecular complexity index is 1440. The van der Waals surface area contributed by atoms with Crippen LogP contribution < -0.4 is 9.73 Å². The molecule has 192 valence electrons. The van der Waals surface area contributed by atoms with Crippen molar-refractivity contribution in [2.75, 3.05) is 12.1 Å². The predicted octanol–water partition coefficient (Wildman–Crippen LogP) is 4.46. The van der Waals surface area contributed by atoms with E-state index in [2.05, 4.69) is 9.84 Å². The molecule has 0 radical (unpaired) electrons. The highest BCUT2D eigenvalue weighted by atomic mass is 32.2. The number of halogens is 3. The number of methoxy groups -OCH3 is 1. The van der Waals surface area contributed by atoms with Crippen LogP contribution in [0.4, 0.5) is 18.9 Å². The van der Waals surface area contributed by atoms with E-state index in [4.69, 9.17) is 0 Å². The number of hydrogen-bond donors (Lipinski definition) is 1.